The average Bonchev–Trinajstić information content (AvgIpc) is 2.33. The van der Waals surface area contributed by atoms with E-state index in [1.54, 1.807) is 13.1 Å². The number of hydrogen-bond acceptors (Lipinski definition) is 4. The second-order valence-corrected chi connectivity index (χ2v) is 4.90. The molecule has 2 unspecified atom stereocenters. The maximum atomic E-state index is 9.85. The lowest BCUT2D eigenvalue weighted by Gasteiger charge is -2.35. The molecule has 94 valence electrons. The number of hydrogen-bond donors (Lipinski definition) is 2. The quantitative estimate of drug-likeness (QED) is 0.813. The molecule has 17 heavy (non-hydrogen) atoms. The van der Waals surface area contributed by atoms with Crippen LogP contribution in [-0.4, -0.2) is 34.4 Å². The van der Waals surface area contributed by atoms with E-state index in [1.165, 1.54) is 0 Å². The van der Waals surface area contributed by atoms with Crippen LogP contribution in [0.1, 0.15) is 32.1 Å². The van der Waals surface area contributed by atoms with Crippen molar-refractivity contribution in [1.82, 2.24) is 4.98 Å². The highest BCUT2D eigenvalue weighted by atomic mass is 16.3. The maximum Gasteiger partial charge on any atom is 0.0931 e. The minimum absolute atomic E-state index is 0.264. The number of nitrogens with zero attached hydrogens (tertiary/aromatic N) is 2. The van der Waals surface area contributed by atoms with Gasteiger partial charge < -0.3 is 15.1 Å². The van der Waals surface area contributed by atoms with Crippen LogP contribution in [0.4, 0.5) is 5.69 Å². The predicted molar refractivity (Wildman–Crippen MR) is 66.9 cm³/mol. The van der Waals surface area contributed by atoms with E-state index >= 15 is 0 Å². The number of piperidine rings is 1. The Bertz CT molecular complexity index is 364. The molecule has 0 amide bonds. The minimum atomic E-state index is -0.531. The molecule has 1 aliphatic rings. The van der Waals surface area contributed by atoms with E-state index in [2.05, 4.69) is 16.8 Å². The van der Waals surface area contributed by atoms with Gasteiger partial charge in [0.15, 0.2) is 0 Å². The SMILES string of the molecule is CC1CCN(c2ccc([C@H](C)O)nc2)CC1O. The number of pyridine rings is 1. The van der Waals surface area contributed by atoms with Crippen molar-refractivity contribution in [2.45, 2.75) is 32.5 Å². The van der Waals surface area contributed by atoms with E-state index in [4.69, 9.17) is 0 Å². The zero-order valence-corrected chi connectivity index (χ0v) is 10.4. The van der Waals surface area contributed by atoms with Gasteiger partial charge in [-0.05, 0) is 31.4 Å². The Kier molecular flexibility index (Phi) is 3.64. The van der Waals surface area contributed by atoms with Crippen LogP contribution in [0.25, 0.3) is 0 Å². The van der Waals surface area contributed by atoms with Gasteiger partial charge in [0.1, 0.15) is 0 Å². The summed E-state index contributed by atoms with van der Waals surface area (Å²) in [4.78, 5) is 6.37. The number of β-amino-alcohol motifs (C(OH)–C–C–N with tert-alkyl or cyclic N) is 1. The number of aliphatic hydroxyl groups excluding tert-OH is 2. The molecule has 1 saturated heterocycles. The van der Waals surface area contributed by atoms with Crippen molar-refractivity contribution in [2.75, 3.05) is 18.0 Å². The Hall–Kier alpha value is -1.13. The van der Waals surface area contributed by atoms with Crippen LogP contribution in [0.15, 0.2) is 18.3 Å². The number of anilines is 1. The van der Waals surface area contributed by atoms with Crippen molar-refractivity contribution in [3.05, 3.63) is 24.0 Å². The van der Waals surface area contributed by atoms with Gasteiger partial charge in [0.25, 0.3) is 0 Å². The van der Waals surface area contributed by atoms with Gasteiger partial charge >= 0.3 is 0 Å². The lowest BCUT2D eigenvalue weighted by Crippen LogP contribution is -2.42. The van der Waals surface area contributed by atoms with Gasteiger partial charge in [-0.3, -0.25) is 4.98 Å². The first-order valence-electron chi connectivity index (χ1n) is 6.15. The van der Waals surface area contributed by atoms with Crippen LogP contribution in [0.3, 0.4) is 0 Å². The fraction of sp³-hybridized carbons (Fsp3) is 0.615. The van der Waals surface area contributed by atoms with Crippen molar-refractivity contribution < 1.29 is 10.2 Å². The summed E-state index contributed by atoms with van der Waals surface area (Å²) < 4.78 is 0. The first-order valence-corrected chi connectivity index (χ1v) is 6.15. The molecule has 1 aliphatic heterocycles. The molecule has 1 aromatic rings. The molecule has 2 rings (SSSR count). The summed E-state index contributed by atoms with van der Waals surface area (Å²) >= 11 is 0. The number of rotatable bonds is 2. The van der Waals surface area contributed by atoms with Crippen LogP contribution in [0, 0.1) is 5.92 Å². The monoisotopic (exact) mass is 236 g/mol. The smallest absolute Gasteiger partial charge is 0.0931 e. The summed E-state index contributed by atoms with van der Waals surface area (Å²) in [5, 5.41) is 19.2. The molecule has 2 heterocycles. The van der Waals surface area contributed by atoms with Crippen molar-refractivity contribution >= 4 is 5.69 Å². The van der Waals surface area contributed by atoms with E-state index in [0.29, 0.717) is 18.2 Å². The molecule has 1 aromatic heterocycles. The first-order chi connectivity index (χ1) is 8.08. The molecular weight excluding hydrogens is 216 g/mol. The van der Waals surface area contributed by atoms with Gasteiger partial charge in [0.05, 0.1) is 29.8 Å². The standard InChI is InChI=1S/C13H20N2O2/c1-9-5-6-15(8-13(9)17)11-3-4-12(10(2)16)14-7-11/h3-4,7,9-10,13,16-17H,5-6,8H2,1-2H3/t9?,10-,13?/m0/s1. The minimum Gasteiger partial charge on any atom is -0.391 e. The van der Waals surface area contributed by atoms with Crippen LogP contribution < -0.4 is 4.90 Å². The summed E-state index contributed by atoms with van der Waals surface area (Å²) in [7, 11) is 0. The van der Waals surface area contributed by atoms with Crippen LogP contribution in [-0.2, 0) is 0 Å². The van der Waals surface area contributed by atoms with Gasteiger partial charge in [-0.15, -0.1) is 0 Å². The Balaban J connectivity index is 2.07. The van der Waals surface area contributed by atoms with Crippen LogP contribution >= 0.6 is 0 Å². The third-order valence-electron chi connectivity index (χ3n) is 3.48. The Morgan fingerprint density at radius 1 is 1.47 bits per heavy atom. The highest BCUT2D eigenvalue weighted by molar-refractivity contribution is 5.45. The number of aliphatic hydroxyl groups is 2. The lowest BCUT2D eigenvalue weighted by molar-refractivity contribution is 0.103. The third-order valence-corrected chi connectivity index (χ3v) is 3.48. The van der Waals surface area contributed by atoms with E-state index in [-0.39, 0.29) is 6.10 Å². The van der Waals surface area contributed by atoms with Gasteiger partial charge in [-0.2, -0.15) is 0 Å². The average molecular weight is 236 g/mol. The topological polar surface area (TPSA) is 56.6 Å². The largest absolute Gasteiger partial charge is 0.391 e. The normalized spacial score (nSPS) is 26.9. The van der Waals surface area contributed by atoms with Crippen molar-refractivity contribution in [2.24, 2.45) is 5.92 Å². The second kappa shape index (κ2) is 5.02. The summed E-state index contributed by atoms with van der Waals surface area (Å²) in [5.41, 5.74) is 1.69. The molecule has 0 saturated carbocycles. The Morgan fingerprint density at radius 2 is 2.24 bits per heavy atom. The lowest BCUT2D eigenvalue weighted by atomic mass is 9.96. The van der Waals surface area contributed by atoms with E-state index in [1.807, 2.05) is 12.1 Å². The molecule has 0 radical (unpaired) electrons. The molecule has 2 N–H and O–H groups in total. The Labute approximate surface area is 102 Å². The summed E-state index contributed by atoms with van der Waals surface area (Å²) in [6.07, 6.45) is 1.97. The van der Waals surface area contributed by atoms with Gasteiger partial charge in [0, 0.05) is 13.1 Å². The molecule has 0 aromatic carbocycles. The fourth-order valence-corrected chi connectivity index (χ4v) is 2.12. The summed E-state index contributed by atoms with van der Waals surface area (Å²) in [5.74, 6) is 0.371. The molecule has 0 aliphatic carbocycles. The van der Waals surface area contributed by atoms with Crippen molar-refractivity contribution in [3.8, 4) is 0 Å². The first kappa shape index (κ1) is 12.3. The van der Waals surface area contributed by atoms with Gasteiger partial charge in [0.2, 0.25) is 0 Å². The molecule has 1 fully saturated rings. The van der Waals surface area contributed by atoms with E-state index in [0.717, 1.165) is 18.7 Å². The highest BCUT2D eigenvalue weighted by Crippen LogP contribution is 2.23. The number of aromatic nitrogens is 1. The molecule has 4 nitrogen and oxygen atoms in total. The predicted octanol–water partition coefficient (Wildman–Crippen LogP) is 1.34. The molecule has 0 spiro atoms. The summed E-state index contributed by atoms with van der Waals surface area (Å²) in [6, 6.07) is 3.79. The van der Waals surface area contributed by atoms with Crippen molar-refractivity contribution in [3.63, 3.8) is 0 Å². The molecule has 4 heteroatoms. The second-order valence-electron chi connectivity index (χ2n) is 4.90. The summed E-state index contributed by atoms with van der Waals surface area (Å²) in [6.45, 7) is 5.40. The van der Waals surface area contributed by atoms with E-state index in [9.17, 15) is 10.2 Å². The van der Waals surface area contributed by atoms with Gasteiger partial charge in [-0.1, -0.05) is 6.92 Å². The highest BCUT2D eigenvalue weighted by Gasteiger charge is 2.24. The fourth-order valence-electron chi connectivity index (χ4n) is 2.12. The molecular formula is C13H20N2O2. The van der Waals surface area contributed by atoms with Gasteiger partial charge in [-0.25, -0.2) is 0 Å². The maximum absolute atomic E-state index is 9.85. The third kappa shape index (κ3) is 2.76. The van der Waals surface area contributed by atoms with Crippen molar-refractivity contribution in [1.29, 1.82) is 0 Å². The van der Waals surface area contributed by atoms with Crippen LogP contribution in [0.2, 0.25) is 0 Å². The molecule has 0 bridgehead atoms. The van der Waals surface area contributed by atoms with Crippen LogP contribution in [0.5, 0.6) is 0 Å². The zero-order valence-electron chi connectivity index (χ0n) is 10.4. The molecule has 3 atom stereocenters. The Morgan fingerprint density at radius 3 is 2.76 bits per heavy atom. The van der Waals surface area contributed by atoms with E-state index < -0.39 is 6.10 Å². The zero-order chi connectivity index (χ0) is 12.4.